The Morgan fingerprint density at radius 2 is 2.14 bits per heavy atom. The maximum atomic E-state index is 13.6. The van der Waals surface area contributed by atoms with Crippen molar-refractivity contribution in [3.63, 3.8) is 0 Å². The molecule has 0 spiro atoms. The molecule has 7 heteroatoms. The van der Waals surface area contributed by atoms with Gasteiger partial charge in [-0.3, -0.25) is 14.3 Å². The van der Waals surface area contributed by atoms with Crippen molar-refractivity contribution < 1.29 is 14.0 Å². The number of likely N-dealkylation sites (N-methyl/N-ethyl adjacent to an activating group) is 1. The highest BCUT2D eigenvalue weighted by atomic mass is 19.1. The van der Waals surface area contributed by atoms with Crippen LogP contribution in [0.5, 0.6) is 0 Å². The first-order chi connectivity index (χ1) is 9.99. The predicted molar refractivity (Wildman–Crippen MR) is 75.4 cm³/mol. The van der Waals surface area contributed by atoms with Crippen LogP contribution in [-0.2, 0) is 11.3 Å². The highest BCUT2D eigenvalue weighted by molar-refractivity contribution is 6.04. The van der Waals surface area contributed by atoms with E-state index in [1.165, 1.54) is 36.3 Å². The van der Waals surface area contributed by atoms with E-state index in [4.69, 9.17) is 0 Å². The number of benzene rings is 1. The van der Waals surface area contributed by atoms with Crippen molar-refractivity contribution in [1.82, 2.24) is 15.1 Å². The molecule has 0 aliphatic heterocycles. The van der Waals surface area contributed by atoms with Crippen molar-refractivity contribution in [3.05, 3.63) is 47.5 Å². The molecule has 2 N–H and O–H groups in total. The van der Waals surface area contributed by atoms with Gasteiger partial charge in [-0.05, 0) is 19.1 Å². The van der Waals surface area contributed by atoms with Crippen LogP contribution in [0.3, 0.4) is 0 Å². The summed E-state index contributed by atoms with van der Waals surface area (Å²) in [7, 11) is 1.52. The molecule has 2 aromatic rings. The van der Waals surface area contributed by atoms with Crippen LogP contribution >= 0.6 is 0 Å². The quantitative estimate of drug-likeness (QED) is 0.892. The van der Waals surface area contributed by atoms with Crippen LogP contribution in [0.4, 0.5) is 10.1 Å². The summed E-state index contributed by atoms with van der Waals surface area (Å²) in [4.78, 5) is 23.2. The third-order valence-corrected chi connectivity index (χ3v) is 2.84. The fraction of sp³-hybridized carbons (Fsp3) is 0.214. The topological polar surface area (TPSA) is 76.0 Å². The zero-order valence-electron chi connectivity index (χ0n) is 11.7. The van der Waals surface area contributed by atoms with Crippen LogP contribution < -0.4 is 10.6 Å². The first-order valence-electron chi connectivity index (χ1n) is 6.30. The number of carbonyl (C=O) groups excluding carboxylic acids is 2. The van der Waals surface area contributed by atoms with E-state index < -0.39 is 11.7 Å². The number of hydrogen-bond donors (Lipinski definition) is 2. The number of rotatable bonds is 4. The molecule has 1 aromatic carbocycles. The largest absolute Gasteiger partial charge is 0.358 e. The van der Waals surface area contributed by atoms with Gasteiger partial charge in [-0.1, -0.05) is 11.6 Å². The van der Waals surface area contributed by atoms with Gasteiger partial charge in [0.25, 0.3) is 5.91 Å². The minimum Gasteiger partial charge on any atom is -0.358 e. The normalized spacial score (nSPS) is 10.2. The van der Waals surface area contributed by atoms with E-state index in [0.717, 1.165) is 5.56 Å². The molecule has 1 heterocycles. The van der Waals surface area contributed by atoms with Crippen molar-refractivity contribution in [2.24, 2.45) is 0 Å². The van der Waals surface area contributed by atoms with Gasteiger partial charge in [0.2, 0.25) is 5.91 Å². The predicted octanol–water partition coefficient (Wildman–Crippen LogP) is 1.33. The summed E-state index contributed by atoms with van der Waals surface area (Å²) in [6.07, 6.45) is 2.90. The number of nitrogens with zero attached hydrogens (tertiary/aromatic N) is 2. The van der Waals surface area contributed by atoms with E-state index >= 15 is 0 Å². The number of anilines is 1. The Hall–Kier alpha value is -2.70. The second-order valence-corrected chi connectivity index (χ2v) is 4.54. The molecule has 0 atom stereocenters. The molecular weight excluding hydrogens is 275 g/mol. The lowest BCUT2D eigenvalue weighted by Crippen LogP contribution is -2.23. The van der Waals surface area contributed by atoms with Gasteiger partial charge in [0, 0.05) is 13.2 Å². The number of nitrogens with one attached hydrogen (secondary N) is 2. The number of aryl methyl sites for hydroxylation is 1. The minimum absolute atomic E-state index is 0.0333. The van der Waals surface area contributed by atoms with Crippen LogP contribution in [0.25, 0.3) is 0 Å². The molecule has 0 saturated heterocycles. The van der Waals surface area contributed by atoms with Crippen molar-refractivity contribution in [2.75, 3.05) is 12.4 Å². The van der Waals surface area contributed by atoms with Crippen LogP contribution in [0, 0.1) is 12.7 Å². The van der Waals surface area contributed by atoms with Gasteiger partial charge in [-0.15, -0.1) is 0 Å². The van der Waals surface area contributed by atoms with Crippen LogP contribution in [0.1, 0.15) is 15.9 Å². The van der Waals surface area contributed by atoms with E-state index in [1.54, 1.807) is 13.0 Å². The first-order valence-corrected chi connectivity index (χ1v) is 6.30. The van der Waals surface area contributed by atoms with Crippen LogP contribution in [-0.4, -0.2) is 28.6 Å². The molecule has 2 rings (SSSR count). The molecule has 0 bridgehead atoms. The Kier molecular flexibility index (Phi) is 4.32. The van der Waals surface area contributed by atoms with E-state index in [0.29, 0.717) is 5.69 Å². The highest BCUT2D eigenvalue weighted by Gasteiger charge is 2.13. The maximum absolute atomic E-state index is 13.6. The average Bonchev–Trinajstić information content (AvgIpc) is 2.88. The molecule has 21 heavy (non-hydrogen) atoms. The molecule has 0 aliphatic rings. The highest BCUT2D eigenvalue weighted by Crippen LogP contribution is 2.13. The lowest BCUT2D eigenvalue weighted by molar-refractivity contribution is -0.121. The molecule has 1 aromatic heterocycles. The van der Waals surface area contributed by atoms with Crippen molar-refractivity contribution in [1.29, 1.82) is 0 Å². The van der Waals surface area contributed by atoms with E-state index in [1.807, 2.05) is 0 Å². The van der Waals surface area contributed by atoms with E-state index in [2.05, 4.69) is 15.7 Å². The second kappa shape index (κ2) is 6.17. The molecule has 0 aliphatic carbocycles. The number of aromatic nitrogens is 2. The van der Waals surface area contributed by atoms with Gasteiger partial charge in [0.15, 0.2) is 0 Å². The average molecular weight is 290 g/mol. The van der Waals surface area contributed by atoms with Gasteiger partial charge in [0.1, 0.15) is 12.4 Å². The Labute approximate surface area is 121 Å². The minimum atomic E-state index is -0.587. The maximum Gasteiger partial charge on any atom is 0.258 e. The molecule has 0 fully saturated rings. The summed E-state index contributed by atoms with van der Waals surface area (Å²) in [5, 5.41) is 8.95. The Morgan fingerprint density at radius 1 is 1.38 bits per heavy atom. The zero-order chi connectivity index (χ0) is 15.4. The second-order valence-electron chi connectivity index (χ2n) is 4.54. The molecule has 6 nitrogen and oxygen atoms in total. The van der Waals surface area contributed by atoms with Gasteiger partial charge in [0.05, 0.1) is 17.4 Å². The summed E-state index contributed by atoms with van der Waals surface area (Å²) in [5.41, 5.74) is 1.15. The van der Waals surface area contributed by atoms with E-state index in [9.17, 15) is 14.0 Å². The number of hydrogen-bond acceptors (Lipinski definition) is 3. The van der Waals surface area contributed by atoms with Crippen LogP contribution in [0.15, 0.2) is 30.6 Å². The smallest absolute Gasteiger partial charge is 0.258 e. The number of halogens is 1. The Morgan fingerprint density at radius 3 is 2.86 bits per heavy atom. The summed E-state index contributed by atoms with van der Waals surface area (Å²) in [6, 6.07) is 4.31. The van der Waals surface area contributed by atoms with Crippen LogP contribution in [0.2, 0.25) is 0 Å². The monoisotopic (exact) mass is 290 g/mol. The lowest BCUT2D eigenvalue weighted by atomic mass is 10.1. The molecule has 2 amide bonds. The Bertz CT molecular complexity index is 681. The molecule has 110 valence electrons. The lowest BCUT2D eigenvalue weighted by Gasteiger charge is -2.05. The standard InChI is InChI=1S/C14H15FN4O2/c1-9-3-4-12(15)11(5-9)14(21)18-10-6-17-19(7-10)8-13(20)16-2/h3-7H,8H2,1-2H3,(H,16,20)(H,18,21). The van der Waals surface area contributed by atoms with Gasteiger partial charge in [-0.2, -0.15) is 5.10 Å². The van der Waals surface area contributed by atoms with Crippen molar-refractivity contribution >= 4 is 17.5 Å². The van der Waals surface area contributed by atoms with E-state index in [-0.39, 0.29) is 18.0 Å². The van der Waals surface area contributed by atoms with Gasteiger partial charge in [-0.25, -0.2) is 4.39 Å². The van der Waals surface area contributed by atoms with Crippen molar-refractivity contribution in [2.45, 2.75) is 13.5 Å². The third kappa shape index (κ3) is 3.65. The SMILES string of the molecule is CNC(=O)Cn1cc(NC(=O)c2cc(C)ccc2F)cn1. The fourth-order valence-electron chi connectivity index (χ4n) is 1.75. The summed E-state index contributed by atoms with van der Waals surface area (Å²) >= 11 is 0. The first kappa shape index (κ1) is 14.7. The molecule has 0 radical (unpaired) electrons. The summed E-state index contributed by atoms with van der Waals surface area (Å²) < 4.78 is 15.0. The zero-order valence-corrected chi connectivity index (χ0v) is 11.7. The molecule has 0 unspecified atom stereocenters. The fourth-order valence-corrected chi connectivity index (χ4v) is 1.75. The molecular formula is C14H15FN4O2. The summed E-state index contributed by atoms with van der Waals surface area (Å²) in [5.74, 6) is -1.35. The number of carbonyl (C=O) groups is 2. The van der Waals surface area contributed by atoms with Crippen molar-refractivity contribution in [3.8, 4) is 0 Å². The Balaban J connectivity index is 2.09. The summed E-state index contributed by atoms with van der Waals surface area (Å²) in [6.45, 7) is 1.82. The molecule has 0 saturated carbocycles. The number of amides is 2. The van der Waals surface area contributed by atoms with Gasteiger partial charge < -0.3 is 10.6 Å². The third-order valence-electron chi connectivity index (χ3n) is 2.84. The van der Waals surface area contributed by atoms with Gasteiger partial charge >= 0.3 is 0 Å².